The number of nitrogens with zero attached hydrogens (tertiary/aromatic N) is 4. The molecule has 0 radical (unpaired) electrons. The molecule has 0 atom stereocenters. The first-order valence-electron chi connectivity index (χ1n) is 10.1. The fraction of sp³-hybridized carbons (Fsp3) is 0.476. The molecule has 0 saturated heterocycles. The highest BCUT2D eigenvalue weighted by molar-refractivity contribution is 6.32. The van der Waals surface area contributed by atoms with Crippen molar-refractivity contribution in [1.29, 1.82) is 0 Å². The number of nitrogens with two attached hydrogens (primary N) is 1. The van der Waals surface area contributed by atoms with Gasteiger partial charge in [-0.05, 0) is 50.6 Å². The largest absolute Gasteiger partial charge is 0.368 e. The SMILES string of the molecule is CCCN(C)Cc1ccc(C(=O)NN(c2nc(N)ncc2Cl)C2CCCC2)cc1. The Morgan fingerprint density at radius 1 is 1.28 bits per heavy atom. The van der Waals surface area contributed by atoms with Crippen molar-refractivity contribution in [3.63, 3.8) is 0 Å². The number of rotatable bonds is 8. The summed E-state index contributed by atoms with van der Waals surface area (Å²) >= 11 is 6.32. The Hall–Kier alpha value is -2.38. The van der Waals surface area contributed by atoms with Crippen molar-refractivity contribution in [1.82, 2.24) is 20.3 Å². The van der Waals surface area contributed by atoms with Crippen LogP contribution in [-0.2, 0) is 6.54 Å². The molecule has 156 valence electrons. The molecule has 1 aliphatic carbocycles. The summed E-state index contributed by atoms with van der Waals surface area (Å²) in [6.45, 7) is 4.07. The number of carbonyl (C=O) groups is 1. The van der Waals surface area contributed by atoms with Gasteiger partial charge in [0.25, 0.3) is 5.91 Å². The van der Waals surface area contributed by atoms with E-state index in [2.05, 4.69) is 34.3 Å². The van der Waals surface area contributed by atoms with Crippen LogP contribution < -0.4 is 16.2 Å². The molecule has 0 aliphatic heterocycles. The van der Waals surface area contributed by atoms with Crippen LogP contribution in [0, 0.1) is 0 Å². The van der Waals surface area contributed by atoms with Gasteiger partial charge in [-0.2, -0.15) is 4.98 Å². The number of nitrogen functional groups attached to an aromatic ring is 1. The lowest BCUT2D eigenvalue weighted by molar-refractivity contribution is 0.0944. The summed E-state index contributed by atoms with van der Waals surface area (Å²) in [5.74, 6) is 0.373. The average Bonchev–Trinajstić information content (AvgIpc) is 3.23. The lowest BCUT2D eigenvalue weighted by Gasteiger charge is -2.30. The molecule has 1 fully saturated rings. The van der Waals surface area contributed by atoms with Gasteiger partial charge in [0, 0.05) is 12.1 Å². The van der Waals surface area contributed by atoms with Crippen molar-refractivity contribution in [2.24, 2.45) is 0 Å². The van der Waals surface area contributed by atoms with E-state index in [4.69, 9.17) is 17.3 Å². The molecular formula is C21H29ClN6O. The molecule has 8 heteroatoms. The minimum atomic E-state index is -0.196. The maximum absolute atomic E-state index is 12.9. The minimum Gasteiger partial charge on any atom is -0.368 e. The molecule has 1 aliphatic rings. The predicted molar refractivity (Wildman–Crippen MR) is 117 cm³/mol. The summed E-state index contributed by atoms with van der Waals surface area (Å²) in [5, 5.41) is 2.12. The van der Waals surface area contributed by atoms with Crippen molar-refractivity contribution >= 4 is 29.3 Å². The number of hydrogen-bond donors (Lipinski definition) is 2. The van der Waals surface area contributed by atoms with E-state index in [1.165, 1.54) is 11.8 Å². The fourth-order valence-corrected chi connectivity index (χ4v) is 3.91. The summed E-state index contributed by atoms with van der Waals surface area (Å²) in [4.78, 5) is 23.4. The average molecular weight is 417 g/mol. The molecule has 7 nitrogen and oxygen atoms in total. The van der Waals surface area contributed by atoms with Crippen LogP contribution in [0.3, 0.4) is 0 Å². The molecule has 0 spiro atoms. The van der Waals surface area contributed by atoms with Crippen LogP contribution in [0.5, 0.6) is 0 Å². The van der Waals surface area contributed by atoms with Gasteiger partial charge in [0.2, 0.25) is 5.95 Å². The van der Waals surface area contributed by atoms with E-state index in [0.29, 0.717) is 16.4 Å². The van der Waals surface area contributed by atoms with E-state index in [1.807, 2.05) is 24.3 Å². The Morgan fingerprint density at radius 3 is 2.62 bits per heavy atom. The maximum atomic E-state index is 12.9. The smallest absolute Gasteiger partial charge is 0.269 e. The molecule has 0 bridgehead atoms. The zero-order valence-corrected chi connectivity index (χ0v) is 17.8. The molecule has 3 rings (SSSR count). The summed E-state index contributed by atoms with van der Waals surface area (Å²) in [6, 6.07) is 7.83. The van der Waals surface area contributed by atoms with Crippen LogP contribution in [0.2, 0.25) is 5.02 Å². The second-order valence-electron chi connectivity index (χ2n) is 7.58. The zero-order chi connectivity index (χ0) is 20.8. The first-order chi connectivity index (χ1) is 14.0. The summed E-state index contributed by atoms with van der Waals surface area (Å²) in [7, 11) is 2.10. The van der Waals surface area contributed by atoms with Gasteiger partial charge in [-0.25, -0.2) is 4.98 Å². The van der Waals surface area contributed by atoms with E-state index < -0.39 is 0 Å². The third-order valence-electron chi connectivity index (χ3n) is 5.16. The lowest BCUT2D eigenvalue weighted by Crippen LogP contribution is -2.48. The number of nitrogens with one attached hydrogen (secondary N) is 1. The molecule has 2 aromatic rings. The Bertz CT molecular complexity index is 822. The number of hydrogen-bond acceptors (Lipinski definition) is 6. The van der Waals surface area contributed by atoms with Crippen molar-refractivity contribution in [3.05, 3.63) is 46.6 Å². The van der Waals surface area contributed by atoms with Crippen LogP contribution in [-0.4, -0.2) is 40.4 Å². The number of aromatic nitrogens is 2. The third kappa shape index (κ3) is 5.58. The topological polar surface area (TPSA) is 87.4 Å². The standard InChI is InChI=1S/C21H29ClN6O/c1-3-12-27(2)14-15-8-10-16(11-9-15)20(29)26-28(17-6-4-5-7-17)19-18(22)13-24-21(23)25-19/h8-11,13,17H,3-7,12,14H2,1-2H3,(H,26,29)(H2,23,24,25). The summed E-state index contributed by atoms with van der Waals surface area (Å²) in [6.07, 6.45) is 6.72. The van der Waals surface area contributed by atoms with Gasteiger partial charge >= 0.3 is 0 Å². The monoisotopic (exact) mass is 416 g/mol. The van der Waals surface area contributed by atoms with Crippen molar-refractivity contribution in [2.45, 2.75) is 51.6 Å². The van der Waals surface area contributed by atoms with Crippen molar-refractivity contribution in [2.75, 3.05) is 24.3 Å². The van der Waals surface area contributed by atoms with E-state index in [1.54, 1.807) is 5.01 Å². The molecule has 1 aromatic heterocycles. The highest BCUT2D eigenvalue weighted by Crippen LogP contribution is 2.30. The highest BCUT2D eigenvalue weighted by atomic mass is 35.5. The second-order valence-corrected chi connectivity index (χ2v) is 7.99. The van der Waals surface area contributed by atoms with E-state index in [0.717, 1.165) is 45.2 Å². The minimum absolute atomic E-state index is 0.127. The molecule has 1 aromatic carbocycles. The van der Waals surface area contributed by atoms with E-state index in [-0.39, 0.29) is 17.9 Å². The van der Waals surface area contributed by atoms with Crippen molar-refractivity contribution < 1.29 is 4.79 Å². The van der Waals surface area contributed by atoms with Crippen LogP contribution in [0.4, 0.5) is 11.8 Å². The Labute approximate surface area is 177 Å². The maximum Gasteiger partial charge on any atom is 0.269 e. The quantitative estimate of drug-likeness (QED) is 0.638. The first-order valence-corrected chi connectivity index (χ1v) is 10.5. The van der Waals surface area contributed by atoms with Gasteiger partial charge in [0.1, 0.15) is 5.02 Å². The van der Waals surface area contributed by atoms with E-state index >= 15 is 0 Å². The zero-order valence-electron chi connectivity index (χ0n) is 17.1. The van der Waals surface area contributed by atoms with Gasteiger partial charge in [0.15, 0.2) is 5.82 Å². The van der Waals surface area contributed by atoms with Crippen LogP contribution in [0.25, 0.3) is 0 Å². The highest BCUT2D eigenvalue weighted by Gasteiger charge is 2.28. The van der Waals surface area contributed by atoms with Gasteiger partial charge in [-0.3, -0.25) is 15.2 Å². The molecular weight excluding hydrogens is 388 g/mol. The first kappa shape index (κ1) is 21.3. The second kappa shape index (κ2) is 9.89. The van der Waals surface area contributed by atoms with Gasteiger partial charge < -0.3 is 10.6 Å². The van der Waals surface area contributed by atoms with Gasteiger partial charge in [-0.1, -0.05) is 43.5 Å². The molecule has 1 amide bonds. The Morgan fingerprint density at radius 2 is 1.97 bits per heavy atom. The summed E-state index contributed by atoms with van der Waals surface area (Å²) < 4.78 is 0. The number of anilines is 2. The molecule has 1 saturated carbocycles. The molecule has 0 unspecified atom stereocenters. The van der Waals surface area contributed by atoms with Gasteiger partial charge in [0.05, 0.1) is 12.2 Å². The Balaban J connectivity index is 1.75. The fourth-order valence-electron chi connectivity index (χ4n) is 3.73. The number of hydrazine groups is 1. The third-order valence-corrected chi connectivity index (χ3v) is 5.42. The number of halogens is 1. The summed E-state index contributed by atoms with van der Waals surface area (Å²) in [5.41, 5.74) is 10.5. The predicted octanol–water partition coefficient (Wildman–Crippen LogP) is 3.65. The molecule has 29 heavy (non-hydrogen) atoms. The lowest BCUT2D eigenvalue weighted by atomic mass is 10.1. The number of amides is 1. The van der Waals surface area contributed by atoms with Crippen LogP contribution in [0.1, 0.15) is 54.9 Å². The van der Waals surface area contributed by atoms with Gasteiger partial charge in [-0.15, -0.1) is 0 Å². The Kier molecular flexibility index (Phi) is 7.28. The molecule has 1 heterocycles. The van der Waals surface area contributed by atoms with Crippen LogP contribution in [0.15, 0.2) is 30.5 Å². The van der Waals surface area contributed by atoms with Crippen LogP contribution >= 0.6 is 11.6 Å². The normalized spacial score (nSPS) is 14.3. The number of benzene rings is 1. The van der Waals surface area contributed by atoms with Crippen molar-refractivity contribution in [3.8, 4) is 0 Å². The number of carbonyl (C=O) groups excluding carboxylic acids is 1. The molecule has 3 N–H and O–H groups in total. The van der Waals surface area contributed by atoms with E-state index in [9.17, 15) is 4.79 Å².